The van der Waals surface area contributed by atoms with Crippen LogP contribution in [0.3, 0.4) is 0 Å². The van der Waals surface area contributed by atoms with Crippen LogP contribution in [0.5, 0.6) is 0 Å². The highest BCUT2D eigenvalue weighted by Gasteiger charge is 2.28. The Hall–Kier alpha value is -1.16. The number of aryl methyl sites for hydroxylation is 1. The second-order valence-electron chi connectivity index (χ2n) is 6.39. The molecule has 1 aromatic heterocycles. The summed E-state index contributed by atoms with van der Waals surface area (Å²) in [6.07, 6.45) is 6.42. The van der Waals surface area contributed by atoms with Crippen molar-refractivity contribution in [1.29, 1.82) is 0 Å². The second-order valence-corrected chi connectivity index (χ2v) is 6.39. The lowest BCUT2D eigenvalue weighted by Gasteiger charge is -2.29. The molecule has 0 aliphatic heterocycles. The maximum absolute atomic E-state index is 5.78. The minimum Gasteiger partial charge on any atom is -0.373 e. The van der Waals surface area contributed by atoms with Crippen LogP contribution < -0.4 is 5.32 Å². The van der Waals surface area contributed by atoms with E-state index in [9.17, 15) is 0 Å². The van der Waals surface area contributed by atoms with Crippen molar-refractivity contribution in [2.24, 2.45) is 5.92 Å². The quantitative estimate of drug-likeness (QED) is 0.882. The van der Waals surface area contributed by atoms with E-state index in [0.29, 0.717) is 11.8 Å². The molecule has 1 aliphatic rings. The molecule has 1 heterocycles. The van der Waals surface area contributed by atoms with Crippen molar-refractivity contribution in [1.82, 2.24) is 9.97 Å². The highest BCUT2D eigenvalue weighted by molar-refractivity contribution is 5.48. The molecule has 118 valence electrons. The van der Waals surface area contributed by atoms with E-state index < -0.39 is 0 Å². The van der Waals surface area contributed by atoms with Gasteiger partial charge in [-0.05, 0) is 31.6 Å². The summed E-state index contributed by atoms with van der Waals surface area (Å²) in [4.78, 5) is 9.55. The van der Waals surface area contributed by atoms with Gasteiger partial charge in [-0.1, -0.05) is 33.1 Å². The zero-order valence-electron chi connectivity index (χ0n) is 14.1. The fourth-order valence-electron chi connectivity index (χ4n) is 3.56. The van der Waals surface area contributed by atoms with Gasteiger partial charge in [0.25, 0.3) is 0 Å². The van der Waals surface area contributed by atoms with Crippen molar-refractivity contribution in [3.63, 3.8) is 0 Å². The molecule has 0 spiro atoms. The summed E-state index contributed by atoms with van der Waals surface area (Å²) in [6.45, 7) is 6.44. The number of hydrogen-bond acceptors (Lipinski definition) is 4. The molecule has 1 N–H and O–H groups in total. The molecule has 0 aromatic carbocycles. The summed E-state index contributed by atoms with van der Waals surface area (Å²) in [5.74, 6) is 2.76. The number of methoxy groups -OCH3 is 1. The number of nitrogens with one attached hydrogen (secondary N) is 1. The predicted molar refractivity (Wildman–Crippen MR) is 86.7 cm³/mol. The molecule has 1 aromatic rings. The maximum atomic E-state index is 5.78. The lowest BCUT2D eigenvalue weighted by molar-refractivity contribution is 0.0288. The Balaban J connectivity index is 2.35. The molecule has 1 saturated carbocycles. The van der Waals surface area contributed by atoms with Crippen molar-refractivity contribution in [2.75, 3.05) is 19.5 Å². The molecule has 0 bridgehead atoms. The standard InChI is InChI=1S/C17H29N3O/c1-11(2)14-12(3)19-17(20-16(14)18-4)15(21-5)13-9-7-6-8-10-13/h11,13,15H,6-10H2,1-5H3,(H,18,19,20). The molecule has 1 unspecified atom stereocenters. The number of anilines is 1. The molecule has 21 heavy (non-hydrogen) atoms. The number of ether oxygens (including phenoxy) is 1. The van der Waals surface area contributed by atoms with E-state index in [4.69, 9.17) is 14.7 Å². The largest absolute Gasteiger partial charge is 0.373 e. The first kappa shape index (κ1) is 16.2. The van der Waals surface area contributed by atoms with Crippen LogP contribution in [0.25, 0.3) is 0 Å². The lowest BCUT2D eigenvalue weighted by atomic mass is 9.84. The van der Waals surface area contributed by atoms with Gasteiger partial charge in [0.15, 0.2) is 5.82 Å². The van der Waals surface area contributed by atoms with Gasteiger partial charge in [-0.25, -0.2) is 9.97 Å². The molecule has 4 heteroatoms. The van der Waals surface area contributed by atoms with Crippen molar-refractivity contribution in [2.45, 2.75) is 64.9 Å². The first-order valence-electron chi connectivity index (χ1n) is 8.17. The highest BCUT2D eigenvalue weighted by Crippen LogP contribution is 2.36. The number of nitrogens with zero attached hydrogens (tertiary/aromatic N) is 2. The molecule has 1 aliphatic carbocycles. The van der Waals surface area contributed by atoms with E-state index in [1.54, 1.807) is 7.11 Å². The zero-order chi connectivity index (χ0) is 15.4. The SMILES string of the molecule is CNc1nc(C(OC)C2CCCCC2)nc(C)c1C(C)C. The monoisotopic (exact) mass is 291 g/mol. The van der Waals surface area contributed by atoms with E-state index in [-0.39, 0.29) is 6.10 Å². The summed E-state index contributed by atoms with van der Waals surface area (Å²) >= 11 is 0. The number of aromatic nitrogens is 2. The average molecular weight is 291 g/mol. The van der Waals surface area contributed by atoms with Crippen molar-refractivity contribution in [3.05, 3.63) is 17.1 Å². The first-order valence-corrected chi connectivity index (χ1v) is 8.17. The van der Waals surface area contributed by atoms with Crippen LogP contribution in [0.15, 0.2) is 0 Å². The van der Waals surface area contributed by atoms with Gasteiger partial charge in [0.2, 0.25) is 0 Å². The molecule has 0 radical (unpaired) electrons. The Labute approximate surface area is 128 Å². The van der Waals surface area contributed by atoms with Crippen LogP contribution in [0, 0.1) is 12.8 Å². The van der Waals surface area contributed by atoms with Crippen molar-refractivity contribution >= 4 is 5.82 Å². The molecule has 2 rings (SSSR count). The third kappa shape index (κ3) is 3.54. The zero-order valence-corrected chi connectivity index (χ0v) is 14.1. The van der Waals surface area contributed by atoms with E-state index >= 15 is 0 Å². The fraction of sp³-hybridized carbons (Fsp3) is 0.765. The van der Waals surface area contributed by atoms with Crippen LogP contribution >= 0.6 is 0 Å². The summed E-state index contributed by atoms with van der Waals surface area (Å²) in [7, 11) is 3.72. The van der Waals surface area contributed by atoms with Gasteiger partial charge >= 0.3 is 0 Å². The minimum atomic E-state index is 0.0253. The van der Waals surface area contributed by atoms with Crippen LogP contribution in [-0.4, -0.2) is 24.1 Å². The maximum Gasteiger partial charge on any atom is 0.160 e. The minimum absolute atomic E-state index is 0.0253. The van der Waals surface area contributed by atoms with Crippen LogP contribution in [0.2, 0.25) is 0 Å². The van der Waals surface area contributed by atoms with Crippen LogP contribution in [0.1, 0.15) is 75.1 Å². The summed E-state index contributed by atoms with van der Waals surface area (Å²) < 4.78 is 5.78. The van der Waals surface area contributed by atoms with Gasteiger partial charge in [0, 0.05) is 25.4 Å². The molecule has 0 saturated heterocycles. The van der Waals surface area contributed by atoms with Gasteiger partial charge in [0.1, 0.15) is 11.9 Å². The van der Waals surface area contributed by atoms with E-state index in [1.165, 1.54) is 37.7 Å². The Bertz CT molecular complexity index is 467. The number of rotatable bonds is 5. The number of hydrogen-bond donors (Lipinski definition) is 1. The fourth-order valence-corrected chi connectivity index (χ4v) is 3.56. The third-order valence-electron chi connectivity index (χ3n) is 4.55. The Morgan fingerprint density at radius 2 is 1.81 bits per heavy atom. The molecule has 0 amide bonds. The smallest absolute Gasteiger partial charge is 0.160 e. The lowest BCUT2D eigenvalue weighted by Crippen LogP contribution is -2.21. The Morgan fingerprint density at radius 3 is 2.33 bits per heavy atom. The summed E-state index contributed by atoms with van der Waals surface area (Å²) in [5.41, 5.74) is 2.27. The van der Waals surface area contributed by atoms with Crippen LogP contribution in [-0.2, 0) is 4.74 Å². The molecular formula is C17H29N3O. The van der Waals surface area contributed by atoms with Gasteiger partial charge in [-0.15, -0.1) is 0 Å². The van der Waals surface area contributed by atoms with E-state index in [2.05, 4.69) is 26.1 Å². The first-order chi connectivity index (χ1) is 10.1. The normalized spacial score (nSPS) is 18.0. The topological polar surface area (TPSA) is 47.0 Å². The Kier molecular flexibility index (Phi) is 5.57. The van der Waals surface area contributed by atoms with Crippen LogP contribution in [0.4, 0.5) is 5.82 Å². The van der Waals surface area contributed by atoms with Crippen molar-refractivity contribution in [3.8, 4) is 0 Å². The highest BCUT2D eigenvalue weighted by atomic mass is 16.5. The third-order valence-corrected chi connectivity index (χ3v) is 4.55. The molecule has 1 fully saturated rings. The molecular weight excluding hydrogens is 262 g/mol. The predicted octanol–water partition coefficient (Wildman–Crippen LogP) is 4.22. The van der Waals surface area contributed by atoms with Crippen molar-refractivity contribution < 1.29 is 4.74 Å². The second kappa shape index (κ2) is 7.21. The van der Waals surface area contributed by atoms with Gasteiger partial charge in [-0.3, -0.25) is 0 Å². The molecule has 1 atom stereocenters. The van der Waals surface area contributed by atoms with E-state index in [1.807, 2.05) is 7.05 Å². The van der Waals surface area contributed by atoms with Gasteiger partial charge < -0.3 is 10.1 Å². The summed E-state index contributed by atoms with van der Waals surface area (Å²) in [6, 6.07) is 0. The average Bonchev–Trinajstić information content (AvgIpc) is 2.48. The van der Waals surface area contributed by atoms with Gasteiger partial charge in [0.05, 0.1) is 0 Å². The molecule has 4 nitrogen and oxygen atoms in total. The van der Waals surface area contributed by atoms with Gasteiger partial charge in [-0.2, -0.15) is 0 Å². The van der Waals surface area contributed by atoms with E-state index in [0.717, 1.165) is 17.3 Å². The summed E-state index contributed by atoms with van der Waals surface area (Å²) in [5, 5.41) is 3.23. The Morgan fingerprint density at radius 1 is 1.14 bits per heavy atom.